The molecule has 25 heavy (non-hydrogen) atoms. The zero-order valence-corrected chi connectivity index (χ0v) is 14.4. The number of hydrogen-bond acceptors (Lipinski definition) is 3. The van der Waals surface area contributed by atoms with Crippen molar-refractivity contribution in [1.82, 2.24) is 4.90 Å². The Labute approximate surface area is 146 Å². The first-order valence-electron chi connectivity index (χ1n) is 8.35. The Bertz CT molecular complexity index is 802. The summed E-state index contributed by atoms with van der Waals surface area (Å²) in [6.07, 6.45) is 1.81. The van der Waals surface area contributed by atoms with Gasteiger partial charge in [0.2, 0.25) is 0 Å². The number of carbonyl (C=O) groups is 1. The average molecular weight is 339 g/mol. The van der Waals surface area contributed by atoms with Gasteiger partial charge in [-0.2, -0.15) is 0 Å². The maximum atomic E-state index is 12.7. The van der Waals surface area contributed by atoms with Gasteiger partial charge in [0, 0.05) is 12.6 Å². The molecule has 1 aliphatic heterocycles. The van der Waals surface area contributed by atoms with Crippen LogP contribution in [0.2, 0.25) is 0 Å². The number of carbonyl (C=O) groups excluding carboxylic acids is 1. The number of benzene rings is 2. The molecule has 1 heterocycles. The van der Waals surface area contributed by atoms with Crippen molar-refractivity contribution in [1.29, 1.82) is 0 Å². The normalized spacial score (nSPS) is 16.7. The molecule has 1 saturated heterocycles. The molecule has 1 atom stereocenters. The Morgan fingerprint density at radius 2 is 1.84 bits per heavy atom. The summed E-state index contributed by atoms with van der Waals surface area (Å²) in [6.45, 7) is 4.45. The molecule has 0 aromatic heterocycles. The Balaban J connectivity index is 1.81. The van der Waals surface area contributed by atoms with Crippen molar-refractivity contribution in [3.8, 4) is 0 Å². The fourth-order valence-corrected chi connectivity index (χ4v) is 3.23. The van der Waals surface area contributed by atoms with Gasteiger partial charge in [0.05, 0.1) is 11.0 Å². The highest BCUT2D eigenvalue weighted by molar-refractivity contribution is 5.92. The lowest BCUT2D eigenvalue weighted by atomic mass is 10.0. The van der Waals surface area contributed by atoms with Crippen LogP contribution < -0.4 is 5.32 Å². The van der Waals surface area contributed by atoms with Gasteiger partial charge in [0.25, 0.3) is 5.69 Å². The number of anilines is 1. The van der Waals surface area contributed by atoms with Crippen LogP contribution in [0, 0.1) is 24.0 Å². The summed E-state index contributed by atoms with van der Waals surface area (Å²) >= 11 is 0. The van der Waals surface area contributed by atoms with Gasteiger partial charge in [-0.15, -0.1) is 0 Å². The highest BCUT2D eigenvalue weighted by atomic mass is 16.6. The first kappa shape index (κ1) is 17.0. The van der Waals surface area contributed by atoms with Gasteiger partial charge in [-0.05, 0) is 43.9 Å². The van der Waals surface area contributed by atoms with Gasteiger partial charge in [0.15, 0.2) is 0 Å². The number of likely N-dealkylation sites (tertiary alicyclic amines) is 1. The second kappa shape index (κ2) is 6.93. The summed E-state index contributed by atoms with van der Waals surface area (Å²) in [5, 5.41) is 14.0. The van der Waals surface area contributed by atoms with Gasteiger partial charge in [-0.3, -0.25) is 10.1 Å². The molecule has 1 fully saturated rings. The smallest absolute Gasteiger partial charge is 0.317 e. The number of urea groups is 1. The third-order valence-electron chi connectivity index (χ3n) is 4.57. The molecular formula is C19H21N3O3. The van der Waals surface area contributed by atoms with E-state index in [1.54, 1.807) is 24.0 Å². The minimum absolute atomic E-state index is 0.00473. The fourth-order valence-electron chi connectivity index (χ4n) is 3.23. The van der Waals surface area contributed by atoms with Crippen LogP contribution in [0.5, 0.6) is 0 Å². The SMILES string of the molecule is Cc1ccc(C2CCCN2C(=O)Nc2ccc(C)cc2[N+](=O)[O-])cc1. The number of amides is 2. The first-order valence-corrected chi connectivity index (χ1v) is 8.35. The zero-order chi connectivity index (χ0) is 18.0. The van der Waals surface area contributed by atoms with E-state index in [4.69, 9.17) is 0 Å². The van der Waals surface area contributed by atoms with Crippen molar-refractivity contribution in [2.45, 2.75) is 32.7 Å². The number of nitro benzene ring substituents is 1. The van der Waals surface area contributed by atoms with Gasteiger partial charge in [0.1, 0.15) is 5.69 Å². The average Bonchev–Trinajstić information content (AvgIpc) is 3.06. The van der Waals surface area contributed by atoms with E-state index < -0.39 is 4.92 Å². The highest BCUT2D eigenvalue weighted by Crippen LogP contribution is 2.33. The van der Waals surface area contributed by atoms with Crippen molar-refractivity contribution in [3.05, 3.63) is 69.3 Å². The zero-order valence-electron chi connectivity index (χ0n) is 14.4. The van der Waals surface area contributed by atoms with Crippen LogP contribution >= 0.6 is 0 Å². The predicted molar refractivity (Wildman–Crippen MR) is 96.7 cm³/mol. The number of nitrogens with zero attached hydrogens (tertiary/aromatic N) is 2. The van der Waals surface area contributed by atoms with E-state index in [1.807, 2.05) is 31.2 Å². The Hall–Kier alpha value is -2.89. The van der Waals surface area contributed by atoms with Crippen LogP contribution in [-0.2, 0) is 0 Å². The molecule has 6 nitrogen and oxygen atoms in total. The summed E-state index contributed by atoms with van der Waals surface area (Å²) in [5.74, 6) is 0. The largest absolute Gasteiger partial charge is 0.322 e. The molecule has 0 bridgehead atoms. The Morgan fingerprint density at radius 3 is 2.52 bits per heavy atom. The number of aryl methyl sites for hydroxylation is 2. The molecule has 1 N–H and O–H groups in total. The van der Waals surface area contributed by atoms with Crippen molar-refractivity contribution >= 4 is 17.4 Å². The molecule has 3 rings (SSSR count). The third kappa shape index (κ3) is 3.63. The minimum Gasteiger partial charge on any atom is -0.317 e. The number of hydrogen-bond donors (Lipinski definition) is 1. The van der Waals surface area contributed by atoms with Crippen molar-refractivity contribution < 1.29 is 9.72 Å². The first-order chi connectivity index (χ1) is 12.0. The maximum absolute atomic E-state index is 12.7. The van der Waals surface area contributed by atoms with Crippen LogP contribution in [-0.4, -0.2) is 22.4 Å². The summed E-state index contributed by atoms with van der Waals surface area (Å²) in [4.78, 5) is 25.2. The van der Waals surface area contributed by atoms with E-state index in [-0.39, 0.29) is 23.4 Å². The Morgan fingerprint density at radius 1 is 1.16 bits per heavy atom. The quantitative estimate of drug-likeness (QED) is 0.657. The number of nitro groups is 1. The van der Waals surface area contributed by atoms with Crippen LogP contribution in [0.4, 0.5) is 16.2 Å². The van der Waals surface area contributed by atoms with Crippen molar-refractivity contribution in [2.24, 2.45) is 0 Å². The van der Waals surface area contributed by atoms with E-state index in [9.17, 15) is 14.9 Å². The summed E-state index contributed by atoms with van der Waals surface area (Å²) in [6, 6.07) is 12.7. The van der Waals surface area contributed by atoms with Crippen molar-refractivity contribution in [2.75, 3.05) is 11.9 Å². The van der Waals surface area contributed by atoms with Crippen LogP contribution in [0.3, 0.4) is 0 Å². The van der Waals surface area contributed by atoms with E-state index >= 15 is 0 Å². The molecule has 1 aliphatic rings. The minimum atomic E-state index is -0.468. The van der Waals surface area contributed by atoms with Gasteiger partial charge < -0.3 is 10.2 Å². The molecule has 0 spiro atoms. The van der Waals surface area contributed by atoms with Gasteiger partial charge >= 0.3 is 6.03 Å². The van der Waals surface area contributed by atoms with E-state index in [0.29, 0.717) is 6.54 Å². The summed E-state index contributed by atoms with van der Waals surface area (Å²) in [7, 11) is 0. The lowest BCUT2D eigenvalue weighted by Crippen LogP contribution is -2.34. The van der Waals surface area contributed by atoms with E-state index in [0.717, 1.165) is 24.0 Å². The second-order valence-corrected chi connectivity index (χ2v) is 6.47. The topological polar surface area (TPSA) is 75.5 Å². The van der Waals surface area contributed by atoms with Crippen molar-refractivity contribution in [3.63, 3.8) is 0 Å². The third-order valence-corrected chi connectivity index (χ3v) is 4.57. The van der Waals surface area contributed by atoms with Gasteiger partial charge in [-0.25, -0.2) is 4.79 Å². The molecule has 0 aliphatic carbocycles. The van der Waals surface area contributed by atoms with Gasteiger partial charge in [-0.1, -0.05) is 35.9 Å². The lowest BCUT2D eigenvalue weighted by molar-refractivity contribution is -0.384. The molecule has 6 heteroatoms. The van der Waals surface area contributed by atoms with Crippen LogP contribution in [0.15, 0.2) is 42.5 Å². The fraction of sp³-hybridized carbons (Fsp3) is 0.316. The monoisotopic (exact) mass is 339 g/mol. The number of rotatable bonds is 3. The molecule has 2 amide bonds. The number of nitrogens with one attached hydrogen (secondary N) is 1. The molecular weight excluding hydrogens is 318 g/mol. The predicted octanol–water partition coefficient (Wildman–Crippen LogP) is 4.58. The lowest BCUT2D eigenvalue weighted by Gasteiger charge is -2.25. The molecule has 0 saturated carbocycles. The molecule has 1 unspecified atom stereocenters. The molecule has 130 valence electrons. The van der Waals surface area contributed by atoms with E-state index in [1.165, 1.54) is 11.6 Å². The van der Waals surface area contributed by atoms with E-state index in [2.05, 4.69) is 5.32 Å². The standard InChI is InChI=1S/C19H21N3O3/c1-13-5-8-15(9-6-13)17-4-3-11-21(17)19(23)20-16-10-7-14(2)12-18(16)22(24)25/h5-10,12,17H,3-4,11H2,1-2H3,(H,20,23). The summed E-state index contributed by atoms with van der Waals surface area (Å²) in [5.41, 5.74) is 3.20. The van der Waals surface area contributed by atoms with Crippen LogP contribution in [0.25, 0.3) is 0 Å². The molecule has 2 aromatic carbocycles. The van der Waals surface area contributed by atoms with Crippen LogP contribution in [0.1, 0.15) is 35.6 Å². The Kier molecular flexibility index (Phi) is 4.70. The maximum Gasteiger partial charge on any atom is 0.322 e. The second-order valence-electron chi connectivity index (χ2n) is 6.47. The molecule has 0 radical (unpaired) electrons. The molecule has 2 aromatic rings. The highest BCUT2D eigenvalue weighted by Gasteiger charge is 2.31. The summed E-state index contributed by atoms with van der Waals surface area (Å²) < 4.78 is 0.